The third-order valence-electron chi connectivity index (χ3n) is 4.12. The highest BCUT2D eigenvalue weighted by atomic mass is 32.1. The Balaban J connectivity index is 1.72. The lowest BCUT2D eigenvalue weighted by molar-refractivity contribution is 0.116. The van der Waals surface area contributed by atoms with Crippen LogP contribution in [0.25, 0.3) is 0 Å². The second kappa shape index (κ2) is 5.77. The number of ether oxygens (including phenoxy) is 1. The minimum atomic E-state index is 0.394. The lowest BCUT2D eigenvalue weighted by Gasteiger charge is -2.20. The molecule has 4 nitrogen and oxygen atoms in total. The van der Waals surface area contributed by atoms with E-state index in [-0.39, 0.29) is 0 Å². The molecule has 0 aromatic carbocycles. The summed E-state index contributed by atoms with van der Waals surface area (Å²) in [5.74, 6) is 0. The summed E-state index contributed by atoms with van der Waals surface area (Å²) in [7, 11) is 4.18. The second-order valence-corrected chi connectivity index (χ2v) is 6.62. The molecule has 2 aliphatic rings. The maximum absolute atomic E-state index is 5.71. The molecule has 0 amide bonds. The van der Waals surface area contributed by atoms with E-state index >= 15 is 0 Å². The molecule has 3 rings (SSSR count). The van der Waals surface area contributed by atoms with Gasteiger partial charge in [0.2, 0.25) is 0 Å². The molecule has 2 unspecified atom stereocenters. The zero-order valence-electron chi connectivity index (χ0n) is 11.8. The van der Waals surface area contributed by atoms with Crippen molar-refractivity contribution < 1.29 is 4.74 Å². The van der Waals surface area contributed by atoms with Crippen LogP contribution in [0.15, 0.2) is 0 Å². The van der Waals surface area contributed by atoms with E-state index in [4.69, 9.17) is 9.72 Å². The topological polar surface area (TPSA) is 37.4 Å². The van der Waals surface area contributed by atoms with Gasteiger partial charge in [-0.15, -0.1) is 11.3 Å². The summed E-state index contributed by atoms with van der Waals surface area (Å²) in [4.78, 5) is 8.61. The first kappa shape index (κ1) is 13.3. The Morgan fingerprint density at radius 3 is 3.05 bits per heavy atom. The minimum absolute atomic E-state index is 0.394. The van der Waals surface area contributed by atoms with Crippen molar-refractivity contribution in [3.8, 4) is 0 Å². The van der Waals surface area contributed by atoms with E-state index in [1.165, 1.54) is 42.7 Å². The minimum Gasteiger partial charge on any atom is -0.376 e. The van der Waals surface area contributed by atoms with Crippen LogP contribution in [-0.4, -0.2) is 38.3 Å². The monoisotopic (exact) mass is 281 g/mol. The fourth-order valence-corrected chi connectivity index (χ4v) is 4.16. The summed E-state index contributed by atoms with van der Waals surface area (Å²) in [5, 5.41) is 4.54. The first-order chi connectivity index (χ1) is 9.28. The van der Waals surface area contributed by atoms with Gasteiger partial charge >= 0.3 is 0 Å². The van der Waals surface area contributed by atoms with Crippen LogP contribution < -0.4 is 10.2 Å². The summed E-state index contributed by atoms with van der Waals surface area (Å²) in [6, 6.07) is 0.449. The van der Waals surface area contributed by atoms with E-state index in [9.17, 15) is 0 Å². The lowest BCUT2D eigenvalue weighted by atomic mass is 9.98. The van der Waals surface area contributed by atoms with Crippen molar-refractivity contribution in [1.29, 1.82) is 0 Å². The molecule has 106 valence electrons. The molecule has 1 aliphatic carbocycles. The van der Waals surface area contributed by atoms with E-state index in [1.54, 1.807) is 0 Å². The molecule has 1 aliphatic heterocycles. The van der Waals surface area contributed by atoms with Crippen molar-refractivity contribution in [3.63, 3.8) is 0 Å². The maximum atomic E-state index is 5.71. The van der Waals surface area contributed by atoms with E-state index in [0.29, 0.717) is 12.1 Å². The highest BCUT2D eigenvalue weighted by Crippen LogP contribution is 2.36. The van der Waals surface area contributed by atoms with Crippen LogP contribution >= 0.6 is 11.3 Å². The summed E-state index contributed by atoms with van der Waals surface area (Å²) in [6.07, 6.45) is 6.46. The number of thiazole rings is 1. The lowest BCUT2D eigenvalue weighted by Crippen LogP contribution is -2.28. The smallest absolute Gasteiger partial charge is 0.185 e. The van der Waals surface area contributed by atoms with Crippen molar-refractivity contribution in [2.45, 2.75) is 44.2 Å². The molecule has 0 spiro atoms. The van der Waals surface area contributed by atoms with E-state index in [2.05, 4.69) is 17.3 Å². The molecule has 2 atom stereocenters. The van der Waals surface area contributed by atoms with Crippen molar-refractivity contribution in [3.05, 3.63) is 10.6 Å². The maximum Gasteiger partial charge on any atom is 0.185 e. The molecular weight excluding hydrogens is 258 g/mol. The number of anilines is 1. The van der Waals surface area contributed by atoms with Gasteiger partial charge in [0.25, 0.3) is 0 Å². The quantitative estimate of drug-likeness (QED) is 0.919. The number of nitrogens with zero attached hydrogens (tertiary/aromatic N) is 2. The van der Waals surface area contributed by atoms with E-state index in [1.807, 2.05) is 18.4 Å². The van der Waals surface area contributed by atoms with E-state index in [0.717, 1.165) is 18.3 Å². The van der Waals surface area contributed by atoms with Crippen LogP contribution in [0, 0.1) is 0 Å². The SMILES string of the molecule is CNC1CCCc2sc(N(C)CC3CCCO3)nc21. The average molecular weight is 281 g/mol. The van der Waals surface area contributed by atoms with Gasteiger partial charge in [-0.3, -0.25) is 0 Å². The number of hydrogen-bond donors (Lipinski definition) is 1. The van der Waals surface area contributed by atoms with Gasteiger partial charge in [-0.05, 0) is 39.2 Å². The third kappa shape index (κ3) is 2.78. The Hall–Kier alpha value is -0.650. The molecular formula is C14H23N3OS. The van der Waals surface area contributed by atoms with Gasteiger partial charge < -0.3 is 15.0 Å². The van der Waals surface area contributed by atoms with Gasteiger partial charge in [0.15, 0.2) is 5.13 Å². The predicted octanol–water partition coefficient (Wildman–Crippen LogP) is 2.36. The number of aromatic nitrogens is 1. The molecule has 1 N–H and O–H groups in total. The zero-order chi connectivity index (χ0) is 13.2. The zero-order valence-corrected chi connectivity index (χ0v) is 12.6. The molecule has 1 aromatic heterocycles. The first-order valence-corrected chi connectivity index (χ1v) is 8.09. The summed E-state index contributed by atoms with van der Waals surface area (Å²) >= 11 is 1.87. The van der Waals surface area contributed by atoms with E-state index < -0.39 is 0 Å². The highest BCUT2D eigenvalue weighted by molar-refractivity contribution is 7.15. The van der Waals surface area contributed by atoms with Crippen LogP contribution in [0.2, 0.25) is 0 Å². The molecule has 0 radical (unpaired) electrons. The van der Waals surface area contributed by atoms with Crippen molar-refractivity contribution in [1.82, 2.24) is 10.3 Å². The molecule has 2 heterocycles. The normalized spacial score (nSPS) is 26.4. The standard InChI is InChI=1S/C14H23N3OS/c1-15-11-6-3-7-12-13(11)16-14(19-12)17(2)9-10-5-4-8-18-10/h10-11,15H,3-9H2,1-2H3. The van der Waals surface area contributed by atoms with Gasteiger partial charge in [-0.2, -0.15) is 0 Å². The van der Waals surface area contributed by atoms with Gasteiger partial charge in [-0.25, -0.2) is 4.98 Å². The summed E-state index contributed by atoms with van der Waals surface area (Å²) in [5.41, 5.74) is 1.29. The second-order valence-electron chi connectivity index (χ2n) is 5.55. The average Bonchev–Trinajstić information content (AvgIpc) is 3.06. The Morgan fingerprint density at radius 1 is 1.42 bits per heavy atom. The molecule has 0 bridgehead atoms. The molecule has 19 heavy (non-hydrogen) atoms. The first-order valence-electron chi connectivity index (χ1n) is 7.27. The fourth-order valence-electron chi connectivity index (χ4n) is 3.02. The number of fused-ring (bicyclic) bond motifs is 1. The van der Waals surface area contributed by atoms with Gasteiger partial charge in [0, 0.05) is 25.1 Å². The van der Waals surface area contributed by atoms with Crippen LogP contribution in [0.3, 0.4) is 0 Å². The Bertz CT molecular complexity index is 428. The molecule has 1 aromatic rings. The Labute approximate surface area is 119 Å². The Morgan fingerprint density at radius 2 is 2.32 bits per heavy atom. The molecule has 1 fully saturated rings. The third-order valence-corrected chi connectivity index (χ3v) is 5.36. The van der Waals surface area contributed by atoms with Gasteiger partial charge in [0.05, 0.1) is 17.8 Å². The van der Waals surface area contributed by atoms with Crippen molar-refractivity contribution >= 4 is 16.5 Å². The summed E-state index contributed by atoms with van der Waals surface area (Å²) < 4.78 is 5.71. The fraction of sp³-hybridized carbons (Fsp3) is 0.786. The Kier molecular flexibility index (Phi) is 4.05. The predicted molar refractivity (Wildman–Crippen MR) is 79.1 cm³/mol. The number of nitrogens with one attached hydrogen (secondary N) is 1. The number of rotatable bonds is 4. The van der Waals surface area contributed by atoms with Crippen LogP contribution in [-0.2, 0) is 11.2 Å². The van der Waals surface area contributed by atoms with Gasteiger partial charge in [0.1, 0.15) is 0 Å². The molecule has 5 heteroatoms. The van der Waals surface area contributed by atoms with Crippen LogP contribution in [0.5, 0.6) is 0 Å². The number of hydrogen-bond acceptors (Lipinski definition) is 5. The largest absolute Gasteiger partial charge is 0.376 e. The summed E-state index contributed by atoms with van der Waals surface area (Å²) in [6.45, 7) is 1.89. The molecule has 0 saturated carbocycles. The van der Waals surface area contributed by atoms with Crippen LogP contribution in [0.1, 0.15) is 42.3 Å². The van der Waals surface area contributed by atoms with Crippen molar-refractivity contribution in [2.24, 2.45) is 0 Å². The number of likely N-dealkylation sites (N-methyl/N-ethyl adjacent to an activating group) is 1. The highest BCUT2D eigenvalue weighted by Gasteiger charge is 2.25. The van der Waals surface area contributed by atoms with Crippen molar-refractivity contribution in [2.75, 3.05) is 32.1 Å². The molecule has 1 saturated heterocycles. The van der Waals surface area contributed by atoms with Crippen LogP contribution in [0.4, 0.5) is 5.13 Å². The number of aryl methyl sites for hydroxylation is 1. The van der Waals surface area contributed by atoms with Gasteiger partial charge in [-0.1, -0.05) is 0 Å².